The van der Waals surface area contributed by atoms with Gasteiger partial charge in [0.1, 0.15) is 4.60 Å². The number of anilines is 2. The fourth-order valence-corrected chi connectivity index (χ4v) is 2.42. The summed E-state index contributed by atoms with van der Waals surface area (Å²) in [5.74, 6) is 0. The third kappa shape index (κ3) is 1.82. The van der Waals surface area contributed by atoms with Gasteiger partial charge in [0.05, 0.1) is 0 Å². The maximum absolute atomic E-state index is 4.18. The van der Waals surface area contributed by atoms with E-state index in [9.17, 15) is 0 Å². The maximum atomic E-state index is 4.18. The summed E-state index contributed by atoms with van der Waals surface area (Å²) in [6.45, 7) is 0. The molecule has 0 amide bonds. The molecule has 2 heterocycles. The normalized spacial score (nSPS) is 10.1. The molecule has 0 spiro atoms. The van der Waals surface area contributed by atoms with Crippen LogP contribution in [0.4, 0.5) is 10.3 Å². The van der Waals surface area contributed by atoms with E-state index in [1.807, 2.05) is 10.8 Å². The Labute approximate surface area is 85.6 Å². The lowest BCUT2D eigenvalue weighted by Crippen LogP contribution is -1.86. The van der Waals surface area contributed by atoms with Crippen LogP contribution in [0.25, 0.3) is 0 Å². The van der Waals surface area contributed by atoms with Crippen LogP contribution < -0.4 is 5.32 Å². The van der Waals surface area contributed by atoms with Crippen LogP contribution in [0.1, 0.15) is 0 Å². The molecule has 0 radical (unpaired) electrons. The Morgan fingerprint density at radius 2 is 2.25 bits per heavy atom. The summed E-state index contributed by atoms with van der Waals surface area (Å²) in [5.41, 5.74) is 0. The van der Waals surface area contributed by atoms with Crippen LogP contribution in [0.15, 0.2) is 21.6 Å². The first-order chi connectivity index (χ1) is 5.84. The highest BCUT2D eigenvalue weighted by Crippen LogP contribution is 2.24. The minimum atomic E-state index is 0.853. The molecule has 62 valence electrons. The van der Waals surface area contributed by atoms with E-state index in [4.69, 9.17) is 0 Å². The number of aromatic nitrogens is 2. The lowest BCUT2D eigenvalue weighted by molar-refractivity contribution is 1.32. The second kappa shape index (κ2) is 3.51. The zero-order valence-electron chi connectivity index (χ0n) is 5.82. The molecule has 0 aromatic carbocycles. The molecule has 0 saturated carbocycles. The summed E-state index contributed by atoms with van der Waals surface area (Å²) in [6.07, 6.45) is 1.76. The summed E-state index contributed by atoms with van der Waals surface area (Å²) in [4.78, 5) is 8.26. The largest absolute Gasteiger partial charge is 0.307 e. The fourth-order valence-electron chi connectivity index (χ4n) is 0.688. The Kier molecular flexibility index (Phi) is 2.38. The molecule has 2 aromatic rings. The molecule has 3 nitrogen and oxygen atoms in total. The highest BCUT2D eigenvalue weighted by atomic mass is 79.9. The van der Waals surface area contributed by atoms with Gasteiger partial charge in [0.25, 0.3) is 0 Å². The topological polar surface area (TPSA) is 37.8 Å². The number of nitrogens with one attached hydrogen (secondary N) is 1. The van der Waals surface area contributed by atoms with Crippen LogP contribution in [0.5, 0.6) is 0 Å². The summed E-state index contributed by atoms with van der Waals surface area (Å²) < 4.78 is 0.853. The SMILES string of the molecule is Brc1csc(Nc2nccs2)n1. The van der Waals surface area contributed by atoms with Gasteiger partial charge in [-0.3, -0.25) is 0 Å². The Morgan fingerprint density at radius 1 is 1.33 bits per heavy atom. The van der Waals surface area contributed by atoms with Crippen molar-refractivity contribution in [2.75, 3.05) is 5.32 Å². The van der Waals surface area contributed by atoms with Crippen molar-refractivity contribution in [3.05, 3.63) is 21.6 Å². The van der Waals surface area contributed by atoms with Gasteiger partial charge in [0, 0.05) is 17.0 Å². The molecule has 0 aliphatic heterocycles. The smallest absolute Gasteiger partial charge is 0.190 e. The summed E-state index contributed by atoms with van der Waals surface area (Å²) >= 11 is 6.38. The van der Waals surface area contributed by atoms with Gasteiger partial charge in [0.2, 0.25) is 0 Å². The van der Waals surface area contributed by atoms with E-state index in [1.54, 1.807) is 28.9 Å². The molecule has 6 heteroatoms. The maximum Gasteiger partial charge on any atom is 0.190 e. The van der Waals surface area contributed by atoms with E-state index < -0.39 is 0 Å². The number of nitrogens with zero attached hydrogens (tertiary/aromatic N) is 2. The molecule has 0 unspecified atom stereocenters. The monoisotopic (exact) mass is 261 g/mol. The van der Waals surface area contributed by atoms with Crippen molar-refractivity contribution in [3.63, 3.8) is 0 Å². The number of rotatable bonds is 2. The van der Waals surface area contributed by atoms with Gasteiger partial charge in [-0.25, -0.2) is 9.97 Å². The van der Waals surface area contributed by atoms with Gasteiger partial charge in [-0.1, -0.05) is 0 Å². The zero-order chi connectivity index (χ0) is 8.39. The first-order valence-corrected chi connectivity index (χ1v) is 5.67. The predicted molar refractivity (Wildman–Crippen MR) is 55.2 cm³/mol. The second-order valence-corrected chi connectivity index (χ2v) is 4.50. The van der Waals surface area contributed by atoms with Crippen LogP contribution in [-0.2, 0) is 0 Å². The molecular formula is C6H4BrN3S2. The molecule has 12 heavy (non-hydrogen) atoms. The van der Waals surface area contributed by atoms with Crippen molar-refractivity contribution in [2.45, 2.75) is 0 Å². The number of hydrogen-bond donors (Lipinski definition) is 1. The third-order valence-electron chi connectivity index (χ3n) is 1.12. The molecule has 0 aliphatic carbocycles. The van der Waals surface area contributed by atoms with Crippen molar-refractivity contribution in [1.82, 2.24) is 9.97 Å². The molecule has 0 aliphatic rings. The number of thiazole rings is 2. The first kappa shape index (κ1) is 8.15. The van der Waals surface area contributed by atoms with Crippen molar-refractivity contribution >= 4 is 48.9 Å². The van der Waals surface area contributed by atoms with Crippen LogP contribution in [0.2, 0.25) is 0 Å². The van der Waals surface area contributed by atoms with Crippen molar-refractivity contribution in [2.24, 2.45) is 0 Å². The number of hydrogen-bond acceptors (Lipinski definition) is 5. The predicted octanol–water partition coefficient (Wildman–Crippen LogP) is 3.11. The molecule has 0 bridgehead atoms. The van der Waals surface area contributed by atoms with Crippen molar-refractivity contribution < 1.29 is 0 Å². The minimum Gasteiger partial charge on any atom is -0.307 e. The molecule has 0 atom stereocenters. The van der Waals surface area contributed by atoms with E-state index >= 15 is 0 Å². The van der Waals surface area contributed by atoms with Crippen LogP contribution in [0.3, 0.4) is 0 Å². The summed E-state index contributed by atoms with van der Waals surface area (Å²) in [6, 6.07) is 0. The van der Waals surface area contributed by atoms with Gasteiger partial charge in [-0.15, -0.1) is 22.7 Å². The highest BCUT2D eigenvalue weighted by Gasteiger charge is 2.00. The summed E-state index contributed by atoms with van der Waals surface area (Å²) in [7, 11) is 0. The zero-order valence-corrected chi connectivity index (χ0v) is 9.04. The Hall–Kier alpha value is -0.460. The quantitative estimate of drug-likeness (QED) is 0.903. The molecule has 2 aromatic heterocycles. The van der Waals surface area contributed by atoms with E-state index in [1.165, 1.54) is 0 Å². The second-order valence-electron chi connectivity index (χ2n) is 1.94. The third-order valence-corrected chi connectivity index (χ3v) is 3.28. The van der Waals surface area contributed by atoms with Gasteiger partial charge >= 0.3 is 0 Å². The van der Waals surface area contributed by atoms with Gasteiger partial charge in [0.15, 0.2) is 10.3 Å². The van der Waals surface area contributed by atoms with Crippen molar-refractivity contribution in [3.8, 4) is 0 Å². The highest BCUT2D eigenvalue weighted by molar-refractivity contribution is 9.10. The van der Waals surface area contributed by atoms with Gasteiger partial charge < -0.3 is 5.32 Å². The molecule has 1 N–H and O–H groups in total. The standard InChI is InChI=1S/C6H4BrN3S2/c7-4-3-12-6(9-4)10-5-8-1-2-11-5/h1-3H,(H,8,9,10). The van der Waals surface area contributed by atoms with Crippen LogP contribution in [-0.4, -0.2) is 9.97 Å². The van der Waals surface area contributed by atoms with E-state index in [2.05, 4.69) is 31.2 Å². The van der Waals surface area contributed by atoms with Gasteiger partial charge in [-0.2, -0.15) is 0 Å². The Morgan fingerprint density at radius 3 is 2.83 bits per heavy atom. The number of halogens is 1. The molecule has 2 rings (SSSR count). The van der Waals surface area contributed by atoms with E-state index in [-0.39, 0.29) is 0 Å². The fraction of sp³-hybridized carbons (Fsp3) is 0. The van der Waals surface area contributed by atoms with E-state index in [0.717, 1.165) is 14.9 Å². The first-order valence-electron chi connectivity index (χ1n) is 3.12. The summed E-state index contributed by atoms with van der Waals surface area (Å²) in [5, 5.41) is 8.67. The lowest BCUT2D eigenvalue weighted by atomic mass is 10.9. The molecular weight excluding hydrogens is 258 g/mol. The van der Waals surface area contributed by atoms with Crippen molar-refractivity contribution in [1.29, 1.82) is 0 Å². The average molecular weight is 262 g/mol. The Bertz CT molecular complexity index is 357. The lowest BCUT2D eigenvalue weighted by Gasteiger charge is -1.93. The minimum absolute atomic E-state index is 0.853. The average Bonchev–Trinajstić information content (AvgIpc) is 2.63. The van der Waals surface area contributed by atoms with Gasteiger partial charge in [-0.05, 0) is 15.9 Å². The van der Waals surface area contributed by atoms with Crippen LogP contribution >= 0.6 is 38.6 Å². The molecule has 0 saturated heterocycles. The molecule has 0 fully saturated rings. The Balaban J connectivity index is 2.14. The van der Waals surface area contributed by atoms with E-state index in [0.29, 0.717) is 0 Å². The van der Waals surface area contributed by atoms with Crippen LogP contribution in [0, 0.1) is 0 Å².